The third-order valence-corrected chi connectivity index (χ3v) is 7.04. The summed E-state index contributed by atoms with van der Waals surface area (Å²) in [4.78, 5) is 18.7. The number of carbonyl (C=O) groups excluding carboxylic acids is 1. The molecule has 2 N–H and O–H groups in total. The van der Waals surface area contributed by atoms with Crippen molar-refractivity contribution in [2.75, 3.05) is 10.2 Å². The van der Waals surface area contributed by atoms with Crippen LogP contribution in [0.4, 0.5) is 11.4 Å². The zero-order valence-corrected chi connectivity index (χ0v) is 22.4. The first-order valence-electron chi connectivity index (χ1n) is 11.8. The molecule has 5 rings (SSSR count). The van der Waals surface area contributed by atoms with Gasteiger partial charge in [0.1, 0.15) is 17.6 Å². The van der Waals surface area contributed by atoms with Crippen molar-refractivity contribution in [3.63, 3.8) is 0 Å². The fourth-order valence-corrected chi connectivity index (χ4v) is 4.93. The number of hydrogen-bond donors (Lipinski definition) is 2. The van der Waals surface area contributed by atoms with Gasteiger partial charge < -0.3 is 20.0 Å². The first-order valence-corrected chi connectivity index (χ1v) is 12.9. The lowest BCUT2D eigenvalue weighted by Gasteiger charge is -2.26. The van der Waals surface area contributed by atoms with E-state index < -0.39 is 0 Å². The highest BCUT2D eigenvalue weighted by Gasteiger charge is 2.42. The summed E-state index contributed by atoms with van der Waals surface area (Å²) in [6.07, 6.45) is 1.75. The first kappa shape index (κ1) is 25.3. The molecule has 6 nitrogen and oxygen atoms in total. The van der Waals surface area contributed by atoms with Crippen LogP contribution in [-0.4, -0.2) is 16.0 Å². The van der Waals surface area contributed by atoms with Crippen LogP contribution in [0.1, 0.15) is 37.4 Å². The maximum atomic E-state index is 12.2. The molecule has 37 heavy (non-hydrogen) atoms. The summed E-state index contributed by atoms with van der Waals surface area (Å²) < 4.78 is 6.38. The lowest BCUT2D eigenvalue weighted by Crippen LogP contribution is -2.29. The van der Waals surface area contributed by atoms with E-state index in [4.69, 9.17) is 39.8 Å². The van der Waals surface area contributed by atoms with Gasteiger partial charge in [-0.15, -0.1) is 0 Å². The van der Waals surface area contributed by atoms with Crippen LogP contribution in [-0.2, 0) is 4.79 Å². The van der Waals surface area contributed by atoms with E-state index in [0.29, 0.717) is 32.4 Å². The second-order valence-electron chi connectivity index (χ2n) is 9.01. The molecule has 1 aliphatic rings. The molecule has 1 fully saturated rings. The zero-order chi connectivity index (χ0) is 26.1. The summed E-state index contributed by atoms with van der Waals surface area (Å²) in [5, 5.41) is 7.86. The SMILES string of the molecule is CC(C)C(=O)Nc1ccc(N2C(=S)N[C@H](c3ccccn3)[C@H]2c2ccc(-c3ccc(Cl)cc3)o2)cc1Cl. The summed E-state index contributed by atoms with van der Waals surface area (Å²) in [5.74, 6) is 1.16. The molecule has 1 saturated heterocycles. The van der Waals surface area contributed by atoms with Crippen molar-refractivity contribution in [1.82, 2.24) is 10.3 Å². The molecule has 1 amide bonds. The van der Waals surface area contributed by atoms with Gasteiger partial charge in [-0.05, 0) is 78.9 Å². The van der Waals surface area contributed by atoms with Crippen LogP contribution in [0.5, 0.6) is 0 Å². The number of thiocarbonyl (C=S) groups is 1. The summed E-state index contributed by atoms with van der Waals surface area (Å²) in [6, 6.07) is 22.0. The smallest absolute Gasteiger partial charge is 0.226 e. The topological polar surface area (TPSA) is 70.4 Å². The molecule has 9 heteroatoms. The van der Waals surface area contributed by atoms with Gasteiger partial charge in [0, 0.05) is 28.4 Å². The third kappa shape index (κ3) is 5.21. The Morgan fingerprint density at radius 3 is 2.54 bits per heavy atom. The monoisotopic (exact) mass is 550 g/mol. The molecule has 0 radical (unpaired) electrons. The molecule has 4 aromatic rings. The minimum atomic E-state index is -0.337. The van der Waals surface area contributed by atoms with Gasteiger partial charge in [-0.3, -0.25) is 9.78 Å². The number of pyridine rings is 1. The van der Waals surface area contributed by atoms with Gasteiger partial charge >= 0.3 is 0 Å². The van der Waals surface area contributed by atoms with Crippen LogP contribution in [0, 0.1) is 5.92 Å². The molecule has 0 unspecified atom stereocenters. The fourth-order valence-electron chi connectivity index (χ4n) is 4.24. The molecular weight excluding hydrogens is 527 g/mol. The normalized spacial score (nSPS) is 17.2. The van der Waals surface area contributed by atoms with Gasteiger partial charge in [-0.2, -0.15) is 0 Å². The van der Waals surface area contributed by atoms with E-state index in [1.807, 2.05) is 79.4 Å². The van der Waals surface area contributed by atoms with Crippen molar-refractivity contribution in [3.05, 3.63) is 100 Å². The molecular formula is C28H24Cl2N4O2S. The fraction of sp³-hybridized carbons (Fsp3) is 0.179. The van der Waals surface area contributed by atoms with E-state index in [-0.39, 0.29) is 23.9 Å². The van der Waals surface area contributed by atoms with E-state index in [1.54, 1.807) is 18.3 Å². The van der Waals surface area contributed by atoms with E-state index in [0.717, 1.165) is 16.9 Å². The molecule has 2 aromatic heterocycles. The number of amides is 1. The number of furan rings is 1. The summed E-state index contributed by atoms with van der Waals surface area (Å²) in [6.45, 7) is 3.66. The number of nitrogens with zero attached hydrogens (tertiary/aromatic N) is 2. The lowest BCUT2D eigenvalue weighted by molar-refractivity contribution is -0.118. The Morgan fingerprint density at radius 1 is 1.08 bits per heavy atom. The lowest BCUT2D eigenvalue weighted by atomic mass is 10.0. The molecule has 1 aliphatic heterocycles. The highest BCUT2D eigenvalue weighted by atomic mass is 35.5. The van der Waals surface area contributed by atoms with Crippen molar-refractivity contribution < 1.29 is 9.21 Å². The largest absolute Gasteiger partial charge is 0.459 e. The maximum Gasteiger partial charge on any atom is 0.226 e. The van der Waals surface area contributed by atoms with Crippen LogP contribution in [0.25, 0.3) is 11.3 Å². The number of aromatic nitrogens is 1. The minimum absolute atomic E-state index is 0.105. The first-order chi connectivity index (χ1) is 17.8. The van der Waals surface area contributed by atoms with Crippen LogP contribution >= 0.6 is 35.4 Å². The van der Waals surface area contributed by atoms with Gasteiger partial charge in [0.05, 0.1) is 22.4 Å². The Balaban J connectivity index is 1.54. The predicted octanol–water partition coefficient (Wildman–Crippen LogP) is 7.42. The molecule has 188 valence electrons. The second kappa shape index (κ2) is 10.5. The van der Waals surface area contributed by atoms with Crippen LogP contribution in [0.15, 0.2) is 83.4 Å². The Morgan fingerprint density at radius 2 is 1.86 bits per heavy atom. The number of halogens is 2. The van der Waals surface area contributed by atoms with Crippen molar-refractivity contribution >= 4 is 57.8 Å². The Bertz CT molecular complexity index is 1440. The molecule has 3 heterocycles. The zero-order valence-electron chi connectivity index (χ0n) is 20.1. The van der Waals surface area contributed by atoms with E-state index in [2.05, 4.69) is 15.6 Å². The number of rotatable bonds is 6. The standard InChI is InChI=1S/C28H24Cl2N4O2S/c1-16(2)27(35)32-21-11-10-19(15-20(21)30)34-26(25(33-28(34)37)22-5-3-4-14-31-22)24-13-12-23(36-24)17-6-8-18(29)9-7-17/h3-16,25-26H,1-2H3,(H,32,35)(H,33,37)/t25-,26-/m1/s1. The number of benzene rings is 2. The van der Waals surface area contributed by atoms with Gasteiger partial charge in [-0.25, -0.2) is 0 Å². The number of anilines is 2. The number of hydrogen-bond acceptors (Lipinski definition) is 4. The molecule has 2 atom stereocenters. The van der Waals surface area contributed by atoms with Crippen molar-refractivity contribution in [1.29, 1.82) is 0 Å². The van der Waals surface area contributed by atoms with Crippen molar-refractivity contribution in [2.45, 2.75) is 25.9 Å². The Hall–Kier alpha value is -3.39. The minimum Gasteiger partial charge on any atom is -0.459 e. The third-order valence-electron chi connectivity index (χ3n) is 6.16. The summed E-state index contributed by atoms with van der Waals surface area (Å²) >= 11 is 18.5. The van der Waals surface area contributed by atoms with Gasteiger partial charge in [0.15, 0.2) is 5.11 Å². The van der Waals surface area contributed by atoms with Gasteiger partial charge in [0.25, 0.3) is 0 Å². The van der Waals surface area contributed by atoms with E-state index >= 15 is 0 Å². The van der Waals surface area contributed by atoms with Gasteiger partial charge in [0.2, 0.25) is 5.91 Å². The molecule has 0 bridgehead atoms. The van der Waals surface area contributed by atoms with E-state index in [1.165, 1.54) is 0 Å². The van der Waals surface area contributed by atoms with Crippen molar-refractivity contribution in [2.24, 2.45) is 5.92 Å². The summed E-state index contributed by atoms with van der Waals surface area (Å²) in [5.41, 5.74) is 3.05. The molecule has 0 spiro atoms. The average molecular weight is 551 g/mol. The second-order valence-corrected chi connectivity index (χ2v) is 10.2. The Kier molecular flexibility index (Phi) is 7.20. The van der Waals surface area contributed by atoms with Gasteiger partial charge in [-0.1, -0.05) is 43.1 Å². The Labute approximate surface area is 230 Å². The number of nitrogens with one attached hydrogen (secondary N) is 2. The highest BCUT2D eigenvalue weighted by Crippen LogP contribution is 2.44. The van der Waals surface area contributed by atoms with Crippen LogP contribution in [0.3, 0.4) is 0 Å². The maximum absolute atomic E-state index is 12.2. The highest BCUT2D eigenvalue weighted by molar-refractivity contribution is 7.80. The van der Waals surface area contributed by atoms with E-state index in [9.17, 15) is 4.79 Å². The molecule has 0 saturated carbocycles. The van der Waals surface area contributed by atoms with Crippen LogP contribution < -0.4 is 15.5 Å². The average Bonchev–Trinajstić information content (AvgIpc) is 3.51. The predicted molar refractivity (Wildman–Crippen MR) is 152 cm³/mol. The number of carbonyl (C=O) groups is 1. The molecule has 0 aliphatic carbocycles. The van der Waals surface area contributed by atoms with Crippen molar-refractivity contribution in [3.8, 4) is 11.3 Å². The molecule has 2 aromatic carbocycles. The summed E-state index contributed by atoms with van der Waals surface area (Å²) in [7, 11) is 0. The van der Waals surface area contributed by atoms with Crippen LogP contribution in [0.2, 0.25) is 10.0 Å². The quantitative estimate of drug-likeness (QED) is 0.243.